The van der Waals surface area contributed by atoms with Crippen LogP contribution in [0.5, 0.6) is 0 Å². The number of halogens is 1. The van der Waals surface area contributed by atoms with E-state index >= 15 is 0 Å². The van der Waals surface area contributed by atoms with Crippen LogP contribution < -0.4 is 0 Å². The van der Waals surface area contributed by atoms with Crippen molar-refractivity contribution in [3.8, 4) is 0 Å². The molecule has 0 heterocycles. The summed E-state index contributed by atoms with van der Waals surface area (Å²) in [5.74, 6) is 0. The van der Waals surface area contributed by atoms with Gasteiger partial charge in [-0.05, 0) is 27.7 Å². The SMILES string of the molecule is CCOP(=O)(OCC)C(I)P(=O)(OCC)OCC. The molecule has 0 aliphatic carbocycles. The van der Waals surface area contributed by atoms with E-state index in [2.05, 4.69) is 0 Å². The van der Waals surface area contributed by atoms with Gasteiger partial charge in [0, 0.05) is 0 Å². The van der Waals surface area contributed by atoms with E-state index in [9.17, 15) is 9.13 Å². The Kier molecular flexibility index (Phi) is 9.57. The molecule has 0 saturated carbocycles. The molecule has 6 nitrogen and oxygen atoms in total. The van der Waals surface area contributed by atoms with Gasteiger partial charge in [-0.3, -0.25) is 9.13 Å². The summed E-state index contributed by atoms with van der Waals surface area (Å²) in [5.41, 5.74) is 0. The quantitative estimate of drug-likeness (QED) is 0.303. The molecule has 0 amide bonds. The minimum Gasteiger partial charge on any atom is -0.308 e. The average molecular weight is 414 g/mol. The third kappa shape index (κ3) is 5.19. The summed E-state index contributed by atoms with van der Waals surface area (Å²) in [6, 6.07) is 0. The van der Waals surface area contributed by atoms with Crippen molar-refractivity contribution in [1.29, 1.82) is 0 Å². The lowest BCUT2D eigenvalue weighted by atomic mass is 10.9. The Labute approximate surface area is 122 Å². The maximum atomic E-state index is 12.5. The van der Waals surface area contributed by atoms with Crippen LogP contribution in [0.3, 0.4) is 0 Å². The lowest BCUT2D eigenvalue weighted by Crippen LogP contribution is -2.12. The van der Waals surface area contributed by atoms with Crippen molar-refractivity contribution in [3.63, 3.8) is 0 Å². The minimum atomic E-state index is -3.52. The first-order valence-corrected chi connectivity index (χ1v) is 10.3. The first kappa shape index (κ1) is 19.0. The molecular weight excluding hydrogens is 393 g/mol. The molecule has 0 rings (SSSR count). The minimum absolute atomic E-state index is 0.203. The normalized spacial score (nSPS) is 13.2. The first-order chi connectivity index (χ1) is 8.40. The van der Waals surface area contributed by atoms with E-state index in [0.29, 0.717) is 0 Å². The van der Waals surface area contributed by atoms with Gasteiger partial charge in [0.15, 0.2) is 0 Å². The summed E-state index contributed by atoms with van der Waals surface area (Å²) in [7, 11) is -7.04. The molecule has 0 aromatic rings. The predicted molar refractivity (Wildman–Crippen MR) is 79.5 cm³/mol. The highest BCUT2D eigenvalue weighted by molar-refractivity contribution is 14.1. The van der Waals surface area contributed by atoms with Gasteiger partial charge >= 0.3 is 15.2 Å². The fraction of sp³-hybridized carbons (Fsp3) is 1.00. The molecule has 0 aromatic carbocycles. The standard InChI is InChI=1S/C9H21IO6P2/c1-5-13-17(11,14-6-2)9(10)18(12,15-7-3)16-8-4/h9H,5-8H2,1-4H3. The molecule has 9 heteroatoms. The van der Waals surface area contributed by atoms with Gasteiger partial charge < -0.3 is 18.1 Å². The highest BCUT2D eigenvalue weighted by Crippen LogP contribution is 2.72. The topological polar surface area (TPSA) is 71.1 Å². The summed E-state index contributed by atoms with van der Waals surface area (Å²) in [4.78, 5) is 0. The molecule has 0 fully saturated rings. The van der Waals surface area contributed by atoms with E-state index < -0.39 is 18.6 Å². The molecule has 0 aliphatic heterocycles. The van der Waals surface area contributed by atoms with Gasteiger partial charge in [-0.15, -0.1) is 0 Å². The predicted octanol–water partition coefficient (Wildman–Crippen LogP) is 4.24. The Morgan fingerprint density at radius 1 is 0.778 bits per heavy atom. The zero-order chi connectivity index (χ0) is 14.2. The molecule has 0 aromatic heterocycles. The Hall–Kier alpha value is 1.03. The van der Waals surface area contributed by atoms with Crippen LogP contribution in [0.1, 0.15) is 27.7 Å². The largest absolute Gasteiger partial charge is 0.355 e. The second-order valence-electron chi connectivity index (χ2n) is 3.06. The molecule has 0 bridgehead atoms. The third-order valence-electron chi connectivity index (χ3n) is 1.76. The van der Waals surface area contributed by atoms with Gasteiger partial charge in [-0.25, -0.2) is 0 Å². The average Bonchev–Trinajstić information content (AvgIpc) is 2.29. The molecule has 0 radical (unpaired) electrons. The van der Waals surface area contributed by atoms with Crippen molar-refractivity contribution in [3.05, 3.63) is 0 Å². The molecule has 18 heavy (non-hydrogen) atoms. The number of alkyl halides is 1. The second-order valence-corrected chi connectivity index (χ2v) is 10.9. The lowest BCUT2D eigenvalue weighted by molar-refractivity contribution is 0.205. The highest BCUT2D eigenvalue weighted by Gasteiger charge is 2.49. The smallest absolute Gasteiger partial charge is 0.308 e. The van der Waals surface area contributed by atoms with E-state index in [0.717, 1.165) is 0 Å². The van der Waals surface area contributed by atoms with Gasteiger partial charge in [0.1, 0.15) is 0 Å². The van der Waals surface area contributed by atoms with Crippen molar-refractivity contribution in [1.82, 2.24) is 0 Å². The fourth-order valence-electron chi connectivity index (χ4n) is 1.21. The Morgan fingerprint density at radius 2 is 1.00 bits per heavy atom. The monoisotopic (exact) mass is 414 g/mol. The van der Waals surface area contributed by atoms with Gasteiger partial charge in [-0.2, -0.15) is 0 Å². The number of hydrogen-bond acceptors (Lipinski definition) is 6. The number of rotatable bonds is 10. The van der Waals surface area contributed by atoms with Gasteiger partial charge in [0.2, 0.25) is 3.41 Å². The van der Waals surface area contributed by atoms with Crippen molar-refractivity contribution >= 4 is 37.8 Å². The van der Waals surface area contributed by atoms with E-state index in [1.165, 1.54) is 0 Å². The van der Waals surface area contributed by atoms with Crippen LogP contribution in [-0.4, -0.2) is 29.8 Å². The van der Waals surface area contributed by atoms with Crippen LogP contribution in [0, 0.1) is 0 Å². The van der Waals surface area contributed by atoms with Gasteiger partial charge in [0.25, 0.3) is 0 Å². The van der Waals surface area contributed by atoms with Crippen LogP contribution in [0.2, 0.25) is 0 Å². The summed E-state index contributed by atoms with van der Waals surface area (Å²) < 4.78 is 44.7. The Balaban J connectivity index is 5.18. The molecular formula is C9H21IO6P2. The van der Waals surface area contributed by atoms with E-state index in [1.54, 1.807) is 50.3 Å². The van der Waals surface area contributed by atoms with Crippen molar-refractivity contribution < 1.29 is 27.2 Å². The maximum Gasteiger partial charge on any atom is 0.355 e. The van der Waals surface area contributed by atoms with Crippen LogP contribution in [0.15, 0.2) is 0 Å². The third-order valence-corrected chi connectivity index (χ3v) is 11.1. The second kappa shape index (κ2) is 9.06. The summed E-state index contributed by atoms with van der Waals surface area (Å²) in [5, 5.41) is 0. The lowest BCUT2D eigenvalue weighted by Gasteiger charge is -2.27. The molecule has 0 unspecified atom stereocenters. The fourth-order valence-corrected chi connectivity index (χ4v) is 7.41. The highest BCUT2D eigenvalue weighted by atomic mass is 127. The van der Waals surface area contributed by atoms with Crippen LogP contribution in [-0.2, 0) is 27.2 Å². The van der Waals surface area contributed by atoms with E-state index in [-0.39, 0.29) is 26.4 Å². The Morgan fingerprint density at radius 3 is 1.17 bits per heavy atom. The van der Waals surface area contributed by atoms with E-state index in [4.69, 9.17) is 18.1 Å². The zero-order valence-corrected chi connectivity index (χ0v) is 15.1. The molecule has 0 N–H and O–H groups in total. The molecule has 0 atom stereocenters. The maximum absolute atomic E-state index is 12.5. The summed E-state index contributed by atoms with van der Waals surface area (Å²) in [6.45, 7) is 7.60. The van der Waals surface area contributed by atoms with Gasteiger partial charge in [0.05, 0.1) is 26.4 Å². The van der Waals surface area contributed by atoms with Crippen molar-refractivity contribution in [2.45, 2.75) is 31.1 Å². The first-order valence-electron chi connectivity index (χ1n) is 5.81. The van der Waals surface area contributed by atoms with Crippen molar-refractivity contribution in [2.24, 2.45) is 0 Å². The van der Waals surface area contributed by atoms with Gasteiger partial charge in [-0.1, -0.05) is 22.6 Å². The molecule has 0 saturated heterocycles. The zero-order valence-electron chi connectivity index (χ0n) is 11.1. The number of hydrogen-bond donors (Lipinski definition) is 0. The van der Waals surface area contributed by atoms with Crippen LogP contribution >= 0.6 is 37.8 Å². The summed E-state index contributed by atoms with van der Waals surface area (Å²) in [6.07, 6.45) is 0. The van der Waals surface area contributed by atoms with Crippen LogP contribution in [0.4, 0.5) is 0 Å². The van der Waals surface area contributed by atoms with Crippen LogP contribution in [0.25, 0.3) is 0 Å². The van der Waals surface area contributed by atoms with E-state index in [1.807, 2.05) is 0 Å². The summed E-state index contributed by atoms with van der Waals surface area (Å²) >= 11 is 1.77. The Bertz CT molecular complexity index is 274. The molecule has 110 valence electrons. The van der Waals surface area contributed by atoms with Crippen molar-refractivity contribution in [2.75, 3.05) is 26.4 Å². The molecule has 0 aliphatic rings. The molecule has 0 spiro atoms.